The van der Waals surface area contributed by atoms with Crippen molar-refractivity contribution in [2.24, 2.45) is 0 Å². The van der Waals surface area contributed by atoms with Crippen LogP contribution in [-0.4, -0.2) is 9.52 Å². The Morgan fingerprint density at radius 1 is 0.750 bits per heavy atom. The van der Waals surface area contributed by atoms with E-state index in [-0.39, 0.29) is 18.5 Å². The van der Waals surface area contributed by atoms with Gasteiger partial charge in [0.2, 0.25) is 0 Å². The first kappa shape index (κ1) is 26.7. The normalized spacial score (nSPS) is 9.43. The van der Waals surface area contributed by atoms with Gasteiger partial charge >= 0.3 is 43.0 Å². The molecule has 4 aromatic carbocycles. The van der Waals surface area contributed by atoms with Crippen LogP contribution in [0.4, 0.5) is 0 Å². The number of rotatable bonds is 0. The summed E-state index contributed by atoms with van der Waals surface area (Å²) in [5, 5.41) is 5.25. The summed E-state index contributed by atoms with van der Waals surface area (Å²) in [6.07, 6.45) is 0. The first-order valence-corrected chi connectivity index (χ1v) is 23.4. The van der Waals surface area contributed by atoms with Crippen LogP contribution in [0.1, 0.15) is 11.1 Å². The van der Waals surface area contributed by atoms with Crippen molar-refractivity contribution in [3.05, 3.63) is 80.7 Å². The Morgan fingerprint density at radius 2 is 1.07 bits per heavy atom. The fraction of sp³-hybridized carbons (Fsp3) is 0.182. The minimum absolute atomic E-state index is 0.145. The zero-order chi connectivity index (χ0) is 21.1. The molecule has 0 aliphatic carbocycles. The molecule has 0 heterocycles. The van der Waals surface area contributed by atoms with E-state index in [9.17, 15) is 0 Å². The van der Waals surface area contributed by atoms with Gasteiger partial charge in [-0.1, -0.05) is 70.9 Å². The Balaban J connectivity index is 0.000000220. The second-order valence-corrected chi connectivity index (χ2v) is 20.2. The third-order valence-electron chi connectivity index (χ3n) is 3.68. The van der Waals surface area contributed by atoms with Crippen molar-refractivity contribution in [2.75, 3.05) is 0 Å². The molecular weight excluding hydrogens is 703 g/mol. The summed E-state index contributed by atoms with van der Waals surface area (Å²) in [6, 6.07) is 21.3. The molecule has 0 N–H and O–H groups in total. The molecule has 4 rings (SSSR count). The van der Waals surface area contributed by atoms with Crippen molar-refractivity contribution in [3.63, 3.8) is 0 Å². The van der Waals surface area contributed by atoms with Gasteiger partial charge in [0.25, 0.3) is 0 Å². The quantitative estimate of drug-likeness (QED) is 0.125. The van der Waals surface area contributed by atoms with Gasteiger partial charge in [-0.05, 0) is 8.95 Å². The molecule has 4 aromatic rings. The molecule has 0 amide bonds. The van der Waals surface area contributed by atoms with E-state index in [2.05, 4.69) is 144 Å². The van der Waals surface area contributed by atoms with Gasteiger partial charge in [0.05, 0.1) is 0 Å². The van der Waals surface area contributed by atoms with Gasteiger partial charge in [0.1, 0.15) is 0 Å². The van der Waals surface area contributed by atoms with E-state index in [1.165, 1.54) is 41.6 Å². The number of aryl methyl sites for hydroxylation is 2. The second-order valence-electron chi connectivity index (χ2n) is 6.12. The van der Waals surface area contributed by atoms with E-state index in [4.69, 9.17) is 0 Å². The molecule has 0 bridgehead atoms. The Hall–Kier alpha value is 0.680. The van der Waals surface area contributed by atoms with Gasteiger partial charge in [0.15, 0.2) is 0 Å². The maximum atomic E-state index is 3.51. The number of halogens is 4. The monoisotopic (exact) mass is 720 g/mol. The predicted molar refractivity (Wildman–Crippen MR) is 139 cm³/mol. The molecule has 28 heavy (non-hydrogen) atoms. The Bertz CT molecular complexity index is 895. The van der Waals surface area contributed by atoms with Gasteiger partial charge in [-0.3, -0.25) is 0 Å². The van der Waals surface area contributed by atoms with Crippen molar-refractivity contribution < 1.29 is 18.5 Å². The molecule has 0 atom stereocenters. The average molecular weight is 725 g/mol. The summed E-state index contributed by atoms with van der Waals surface area (Å²) in [5.41, 5.74) is 2.65. The molecule has 0 nitrogen and oxygen atoms in total. The molecular formula is C22H22Br4SiZr. The van der Waals surface area contributed by atoms with Crippen molar-refractivity contribution in [3.8, 4) is 0 Å². The molecule has 0 aliphatic rings. The third-order valence-corrected chi connectivity index (χ3v) is 5.07. The second kappa shape index (κ2) is 14.6. The molecule has 0 aliphatic heterocycles. The SMILES string of the molecule is C[Si]C.Cc1cc2c(Br)cccc2[cH-]1.Cc1cc2c(Br)cccc2[cH-]1.[Br][Zr+2][Br]. The summed E-state index contributed by atoms with van der Waals surface area (Å²) in [4.78, 5) is 0. The fourth-order valence-electron chi connectivity index (χ4n) is 2.69. The van der Waals surface area contributed by atoms with Crippen molar-refractivity contribution in [1.82, 2.24) is 0 Å². The van der Waals surface area contributed by atoms with Crippen LogP contribution < -0.4 is 0 Å². The van der Waals surface area contributed by atoms with Gasteiger partial charge < -0.3 is 0 Å². The number of hydrogen-bond acceptors (Lipinski definition) is 0. The molecule has 0 unspecified atom stereocenters. The van der Waals surface area contributed by atoms with Crippen LogP contribution >= 0.6 is 56.3 Å². The minimum atomic E-state index is -0.145. The molecule has 0 aromatic heterocycles. The van der Waals surface area contributed by atoms with E-state index in [0.717, 1.165) is 9.52 Å². The van der Waals surface area contributed by atoms with Crippen LogP contribution in [-0.2, 0) is 18.5 Å². The van der Waals surface area contributed by atoms with Crippen molar-refractivity contribution in [1.29, 1.82) is 0 Å². The van der Waals surface area contributed by atoms with Crippen LogP contribution in [0.25, 0.3) is 21.5 Å². The van der Waals surface area contributed by atoms with E-state index in [0.29, 0.717) is 0 Å². The summed E-state index contributed by atoms with van der Waals surface area (Å²) in [7, 11) is 1.08. The van der Waals surface area contributed by atoms with Crippen molar-refractivity contribution in [2.45, 2.75) is 26.9 Å². The van der Waals surface area contributed by atoms with Crippen molar-refractivity contribution >= 4 is 87.4 Å². The fourth-order valence-corrected chi connectivity index (χ4v) is 3.68. The Morgan fingerprint density at radius 3 is 1.36 bits per heavy atom. The van der Waals surface area contributed by atoms with Crippen LogP contribution in [0, 0.1) is 13.8 Å². The Kier molecular flexibility index (Phi) is 14.0. The van der Waals surface area contributed by atoms with Crippen LogP contribution in [0.15, 0.2) is 69.6 Å². The molecule has 6 heteroatoms. The molecule has 146 valence electrons. The summed E-state index contributed by atoms with van der Waals surface area (Å²) >= 11 is 13.3. The number of fused-ring (bicyclic) bond motifs is 2. The predicted octanol–water partition coefficient (Wildman–Crippen LogP) is 9.73. The zero-order valence-electron chi connectivity index (χ0n) is 16.3. The van der Waals surface area contributed by atoms with Gasteiger partial charge in [-0.15, -0.1) is 69.1 Å². The van der Waals surface area contributed by atoms with Crippen LogP contribution in [0.2, 0.25) is 13.1 Å². The molecule has 0 fully saturated rings. The van der Waals surface area contributed by atoms with E-state index in [1.807, 2.05) is 0 Å². The van der Waals surface area contributed by atoms with E-state index >= 15 is 0 Å². The van der Waals surface area contributed by atoms with Gasteiger partial charge in [-0.25, -0.2) is 0 Å². The van der Waals surface area contributed by atoms with E-state index < -0.39 is 0 Å². The topological polar surface area (TPSA) is 0 Å². The van der Waals surface area contributed by atoms with Crippen LogP contribution in [0.5, 0.6) is 0 Å². The molecule has 0 spiro atoms. The molecule has 0 saturated heterocycles. The third kappa shape index (κ3) is 8.81. The zero-order valence-corrected chi connectivity index (χ0v) is 26.1. The molecule has 2 radical (unpaired) electrons. The average Bonchev–Trinajstić information content (AvgIpc) is 3.20. The standard InChI is InChI=1S/2C10H8Br.C2H6Si.2BrH.Zr/c2*1-7-5-8-3-2-4-10(11)9(8)6-7;1-3-2;;;/h2*2-6H,1H3;1-2H3;2*1H;/q2*-1;;;;+4/p-2. The molecule has 0 saturated carbocycles. The maximum absolute atomic E-state index is 3.51. The van der Waals surface area contributed by atoms with Gasteiger partial charge in [-0.2, -0.15) is 12.1 Å². The van der Waals surface area contributed by atoms with E-state index in [1.54, 1.807) is 0 Å². The number of benzene rings is 2. The van der Waals surface area contributed by atoms with Gasteiger partial charge in [0, 0.05) is 9.52 Å². The summed E-state index contributed by atoms with van der Waals surface area (Å²) in [6.45, 7) is 8.54. The van der Waals surface area contributed by atoms with Crippen LogP contribution in [0.3, 0.4) is 0 Å². The Labute approximate surface area is 211 Å². The number of hydrogen-bond donors (Lipinski definition) is 0. The first-order valence-electron chi connectivity index (χ1n) is 8.55. The summed E-state index contributed by atoms with van der Waals surface area (Å²) < 4.78 is 2.37. The first-order chi connectivity index (χ1) is 13.4. The summed E-state index contributed by atoms with van der Waals surface area (Å²) in [5.74, 6) is 0.